The topological polar surface area (TPSA) is 0 Å². The third-order valence-corrected chi connectivity index (χ3v) is 2.35. The molecule has 0 unspecified atom stereocenters. The molecule has 0 N–H and O–H groups in total. The van der Waals surface area contributed by atoms with Gasteiger partial charge in [0.05, 0.1) is 4.90 Å². The van der Waals surface area contributed by atoms with Gasteiger partial charge in [-0.2, -0.15) is 0 Å². The summed E-state index contributed by atoms with van der Waals surface area (Å²) in [4.78, 5) is 0.493. The molecule has 0 radical (unpaired) electrons. The zero-order valence-electron chi connectivity index (χ0n) is 4.84. The number of thiol groups is 1. The van der Waals surface area contributed by atoms with Crippen molar-refractivity contribution >= 4 is 34.1 Å². The van der Waals surface area contributed by atoms with E-state index in [1.165, 1.54) is 6.07 Å². The van der Waals surface area contributed by atoms with Gasteiger partial charge in [0, 0.05) is 5.02 Å². The van der Waals surface area contributed by atoms with Crippen molar-refractivity contribution in [3.8, 4) is 0 Å². The molecule has 0 spiro atoms. The Morgan fingerprint density at radius 2 is 2.20 bits per heavy atom. The molecule has 1 aromatic carbocycles. The highest BCUT2D eigenvalue weighted by Gasteiger charge is 1.99. The van der Waals surface area contributed by atoms with E-state index in [2.05, 4.69) is 11.7 Å². The largest absolute Gasteiger partial charge is 0.206 e. The van der Waals surface area contributed by atoms with Crippen LogP contribution in [0.3, 0.4) is 0 Å². The van der Waals surface area contributed by atoms with E-state index in [0.717, 1.165) is 10.8 Å². The fraction of sp³-hybridized carbons (Fsp3) is 0. The quantitative estimate of drug-likeness (QED) is 0.528. The van der Waals surface area contributed by atoms with Crippen LogP contribution in [-0.4, -0.2) is 0 Å². The Morgan fingerprint density at radius 3 is 2.70 bits per heavy atom. The summed E-state index contributed by atoms with van der Waals surface area (Å²) in [6.07, 6.45) is 0. The summed E-state index contributed by atoms with van der Waals surface area (Å²) in [7, 11) is 1.06. The van der Waals surface area contributed by atoms with Gasteiger partial charge >= 0.3 is 0 Å². The number of benzene rings is 1. The van der Waals surface area contributed by atoms with Gasteiger partial charge in [-0.1, -0.05) is 22.4 Å². The minimum absolute atomic E-state index is 0.326. The Bertz CT molecular complexity index is 239. The van der Waals surface area contributed by atoms with Crippen molar-refractivity contribution < 1.29 is 4.39 Å². The first kappa shape index (κ1) is 8.24. The maximum absolute atomic E-state index is 12.7. The maximum atomic E-state index is 12.7. The van der Waals surface area contributed by atoms with Crippen LogP contribution in [0, 0.1) is 5.82 Å². The van der Waals surface area contributed by atoms with Crippen molar-refractivity contribution in [2.45, 2.75) is 4.90 Å². The van der Waals surface area contributed by atoms with Gasteiger partial charge in [0.15, 0.2) is 0 Å². The van der Waals surface area contributed by atoms with E-state index in [4.69, 9.17) is 11.6 Å². The lowest BCUT2D eigenvalue weighted by atomic mass is 10.3. The van der Waals surface area contributed by atoms with Crippen LogP contribution in [0.1, 0.15) is 0 Å². The van der Waals surface area contributed by atoms with E-state index in [0.29, 0.717) is 9.92 Å². The molecule has 0 aliphatic rings. The van der Waals surface area contributed by atoms with E-state index < -0.39 is 0 Å². The fourth-order valence-corrected chi connectivity index (χ4v) is 1.43. The average molecular weight is 195 g/mol. The molecule has 0 aliphatic carbocycles. The van der Waals surface area contributed by atoms with Gasteiger partial charge in [-0.05, 0) is 18.2 Å². The molecule has 0 saturated heterocycles. The first-order valence-corrected chi connectivity index (χ1v) is 4.75. The maximum Gasteiger partial charge on any atom is 0.139 e. The Labute approximate surface area is 72.6 Å². The smallest absolute Gasteiger partial charge is 0.139 e. The van der Waals surface area contributed by atoms with Crippen molar-refractivity contribution in [3.63, 3.8) is 0 Å². The van der Waals surface area contributed by atoms with Gasteiger partial charge < -0.3 is 0 Å². The van der Waals surface area contributed by atoms with E-state index in [9.17, 15) is 4.39 Å². The molecule has 54 valence electrons. The Morgan fingerprint density at radius 1 is 1.50 bits per heavy atom. The van der Waals surface area contributed by atoms with Crippen LogP contribution in [0.2, 0.25) is 5.02 Å². The lowest BCUT2D eigenvalue weighted by molar-refractivity contribution is 0.602. The minimum atomic E-state index is -0.326. The zero-order valence-corrected chi connectivity index (χ0v) is 7.31. The molecule has 0 fully saturated rings. The molecule has 0 bridgehead atoms. The molecule has 0 aromatic heterocycles. The van der Waals surface area contributed by atoms with E-state index >= 15 is 0 Å². The van der Waals surface area contributed by atoms with E-state index in [1.54, 1.807) is 12.1 Å². The molecule has 0 amide bonds. The van der Waals surface area contributed by atoms with Crippen LogP contribution in [0.25, 0.3) is 0 Å². The standard InChI is InChI=1S/C6H4ClFS2/c7-4-1-2-6(10-9)5(8)3-4/h1-3,9H. The predicted molar refractivity (Wildman–Crippen MR) is 46.3 cm³/mol. The zero-order chi connectivity index (χ0) is 7.56. The number of halogens is 2. The number of hydrogen-bond donors (Lipinski definition) is 1. The van der Waals surface area contributed by atoms with Gasteiger partial charge in [0.1, 0.15) is 5.82 Å². The number of rotatable bonds is 1. The highest BCUT2D eigenvalue weighted by atomic mass is 35.5. The second kappa shape index (κ2) is 3.51. The third kappa shape index (κ3) is 1.81. The highest BCUT2D eigenvalue weighted by Crippen LogP contribution is 2.26. The summed E-state index contributed by atoms with van der Waals surface area (Å²) >= 11 is 9.35. The van der Waals surface area contributed by atoms with Crippen molar-refractivity contribution in [2.75, 3.05) is 0 Å². The average Bonchev–Trinajstić information content (AvgIpc) is 1.88. The van der Waals surface area contributed by atoms with Crippen LogP contribution in [0.5, 0.6) is 0 Å². The molecular weight excluding hydrogens is 191 g/mol. The van der Waals surface area contributed by atoms with E-state index in [-0.39, 0.29) is 5.82 Å². The minimum Gasteiger partial charge on any atom is -0.206 e. The Balaban J connectivity index is 3.07. The van der Waals surface area contributed by atoms with Gasteiger partial charge in [-0.15, -0.1) is 11.7 Å². The van der Waals surface area contributed by atoms with Crippen molar-refractivity contribution in [1.29, 1.82) is 0 Å². The fourth-order valence-electron chi connectivity index (χ4n) is 0.549. The lowest BCUT2D eigenvalue weighted by Crippen LogP contribution is -1.76. The molecule has 10 heavy (non-hydrogen) atoms. The van der Waals surface area contributed by atoms with Crippen molar-refractivity contribution in [3.05, 3.63) is 29.0 Å². The second-order valence-corrected chi connectivity index (χ2v) is 3.27. The molecule has 0 nitrogen and oxygen atoms in total. The van der Waals surface area contributed by atoms with Gasteiger partial charge in [-0.25, -0.2) is 4.39 Å². The van der Waals surface area contributed by atoms with Gasteiger partial charge in [-0.3, -0.25) is 0 Å². The third-order valence-electron chi connectivity index (χ3n) is 0.992. The van der Waals surface area contributed by atoms with Gasteiger partial charge in [0.25, 0.3) is 0 Å². The lowest BCUT2D eigenvalue weighted by Gasteiger charge is -1.96. The predicted octanol–water partition coefficient (Wildman–Crippen LogP) is 3.42. The summed E-state index contributed by atoms with van der Waals surface area (Å²) in [5.74, 6) is -0.326. The van der Waals surface area contributed by atoms with E-state index in [1.807, 2.05) is 0 Å². The second-order valence-electron chi connectivity index (χ2n) is 1.67. The molecule has 0 aliphatic heterocycles. The van der Waals surface area contributed by atoms with Crippen LogP contribution < -0.4 is 0 Å². The highest BCUT2D eigenvalue weighted by molar-refractivity contribution is 8.68. The molecule has 0 atom stereocenters. The van der Waals surface area contributed by atoms with Gasteiger partial charge in [0.2, 0.25) is 0 Å². The van der Waals surface area contributed by atoms with Crippen molar-refractivity contribution in [1.82, 2.24) is 0 Å². The first-order valence-electron chi connectivity index (χ1n) is 2.50. The number of hydrogen-bond acceptors (Lipinski definition) is 2. The SMILES string of the molecule is Fc1cc(Cl)ccc1SS. The van der Waals surface area contributed by atoms with Crippen LogP contribution >= 0.6 is 34.1 Å². The monoisotopic (exact) mass is 194 g/mol. The summed E-state index contributed by atoms with van der Waals surface area (Å²) in [5, 5.41) is 0.406. The van der Waals surface area contributed by atoms with Crippen LogP contribution in [0.15, 0.2) is 23.1 Å². The molecule has 1 aromatic rings. The van der Waals surface area contributed by atoms with Crippen LogP contribution in [-0.2, 0) is 0 Å². The molecular formula is C6H4ClFS2. The molecule has 1 rings (SSSR count). The summed E-state index contributed by atoms with van der Waals surface area (Å²) < 4.78 is 12.7. The molecule has 0 saturated carbocycles. The summed E-state index contributed by atoms with van der Waals surface area (Å²) in [5.41, 5.74) is 0. The Kier molecular flexibility index (Phi) is 2.89. The Hall–Kier alpha value is 0.140. The molecule has 0 heterocycles. The summed E-state index contributed by atoms with van der Waals surface area (Å²) in [6.45, 7) is 0. The first-order chi connectivity index (χ1) is 4.74. The molecule has 4 heteroatoms. The normalized spacial score (nSPS) is 9.90. The van der Waals surface area contributed by atoms with Crippen molar-refractivity contribution in [2.24, 2.45) is 0 Å². The van der Waals surface area contributed by atoms with Crippen LogP contribution in [0.4, 0.5) is 4.39 Å². The summed E-state index contributed by atoms with van der Waals surface area (Å²) in [6, 6.07) is 4.48.